The number of rotatable bonds is 4. The zero-order valence-electron chi connectivity index (χ0n) is 15.0. The second-order valence-corrected chi connectivity index (χ2v) is 6.63. The maximum atomic E-state index is 12.9. The Labute approximate surface area is 151 Å². The summed E-state index contributed by atoms with van der Waals surface area (Å²) in [5.74, 6) is -0.0287. The van der Waals surface area contributed by atoms with E-state index in [4.69, 9.17) is 4.74 Å². The molecule has 26 heavy (non-hydrogen) atoms. The minimum atomic E-state index is -0.534. The highest BCUT2D eigenvalue weighted by molar-refractivity contribution is 5.77. The fourth-order valence-corrected chi connectivity index (χ4v) is 3.33. The summed E-state index contributed by atoms with van der Waals surface area (Å²) in [6, 6.07) is 9.67. The number of carbonyl (C=O) groups is 1. The normalized spacial score (nSPS) is 20.2. The molecule has 1 aromatic carbocycles. The lowest BCUT2D eigenvalue weighted by molar-refractivity contribution is -0.144. The zero-order valence-corrected chi connectivity index (χ0v) is 15.0. The van der Waals surface area contributed by atoms with Crippen molar-refractivity contribution in [2.24, 2.45) is 0 Å². The van der Waals surface area contributed by atoms with Crippen LogP contribution in [0, 0.1) is 6.92 Å². The highest BCUT2D eigenvalue weighted by atomic mass is 16.5. The first kappa shape index (κ1) is 18.1. The number of amides is 1. The van der Waals surface area contributed by atoms with E-state index in [1.54, 1.807) is 6.92 Å². The lowest BCUT2D eigenvalue weighted by atomic mass is 10.0. The Hall–Kier alpha value is -2.67. The van der Waals surface area contributed by atoms with E-state index in [0.29, 0.717) is 24.4 Å². The van der Waals surface area contributed by atoms with Crippen LogP contribution in [0.5, 0.6) is 0 Å². The van der Waals surface area contributed by atoms with Crippen molar-refractivity contribution < 1.29 is 9.53 Å². The van der Waals surface area contributed by atoms with E-state index in [0.717, 1.165) is 5.56 Å². The molecule has 0 spiro atoms. The fraction of sp³-hybridized carbons (Fsp3) is 0.421. The summed E-state index contributed by atoms with van der Waals surface area (Å²) >= 11 is 0. The van der Waals surface area contributed by atoms with Crippen LogP contribution in [0.25, 0.3) is 0 Å². The Morgan fingerprint density at radius 1 is 1.23 bits per heavy atom. The number of H-pyrrole nitrogens is 2. The number of carbonyl (C=O) groups excluding carboxylic acids is 1. The first-order valence-corrected chi connectivity index (χ1v) is 8.74. The van der Waals surface area contributed by atoms with E-state index >= 15 is 0 Å². The van der Waals surface area contributed by atoms with E-state index in [-0.39, 0.29) is 30.9 Å². The van der Waals surface area contributed by atoms with Crippen molar-refractivity contribution >= 4 is 5.91 Å². The van der Waals surface area contributed by atoms with Gasteiger partial charge < -0.3 is 14.6 Å². The highest BCUT2D eigenvalue weighted by Gasteiger charge is 2.31. The molecule has 7 nitrogen and oxygen atoms in total. The molecule has 2 unspecified atom stereocenters. The number of ether oxygens (including phenoxy) is 1. The number of aromatic amines is 2. The molecule has 1 aliphatic heterocycles. The van der Waals surface area contributed by atoms with Crippen molar-refractivity contribution in [1.29, 1.82) is 0 Å². The second kappa shape index (κ2) is 7.70. The topological polar surface area (TPSA) is 95.3 Å². The van der Waals surface area contributed by atoms with Gasteiger partial charge in [0, 0.05) is 24.2 Å². The van der Waals surface area contributed by atoms with Crippen LogP contribution >= 0.6 is 0 Å². The van der Waals surface area contributed by atoms with Crippen LogP contribution in [-0.2, 0) is 16.0 Å². The molecule has 2 aromatic rings. The van der Waals surface area contributed by atoms with Gasteiger partial charge in [-0.15, -0.1) is 0 Å². The second-order valence-electron chi connectivity index (χ2n) is 6.63. The van der Waals surface area contributed by atoms with E-state index < -0.39 is 11.2 Å². The van der Waals surface area contributed by atoms with Crippen molar-refractivity contribution in [3.8, 4) is 0 Å². The molecule has 1 saturated heterocycles. The van der Waals surface area contributed by atoms with Crippen LogP contribution in [0.2, 0.25) is 0 Å². The Morgan fingerprint density at radius 2 is 1.96 bits per heavy atom. The van der Waals surface area contributed by atoms with Gasteiger partial charge in [-0.25, -0.2) is 4.79 Å². The summed E-state index contributed by atoms with van der Waals surface area (Å²) in [6.07, 6.45) is 0.452. The molecule has 0 radical (unpaired) electrons. The van der Waals surface area contributed by atoms with E-state index in [9.17, 15) is 14.4 Å². The van der Waals surface area contributed by atoms with Crippen LogP contribution in [-0.4, -0.2) is 40.0 Å². The maximum Gasteiger partial charge on any atom is 0.325 e. The number of hydrogen-bond acceptors (Lipinski definition) is 4. The van der Waals surface area contributed by atoms with Crippen molar-refractivity contribution in [2.45, 2.75) is 38.8 Å². The third kappa shape index (κ3) is 3.94. The van der Waals surface area contributed by atoms with Crippen molar-refractivity contribution in [3.05, 3.63) is 68.0 Å². The van der Waals surface area contributed by atoms with Gasteiger partial charge in [-0.05, 0) is 25.8 Å². The first-order chi connectivity index (χ1) is 12.5. The third-order valence-corrected chi connectivity index (χ3v) is 4.72. The van der Waals surface area contributed by atoms with Crippen molar-refractivity contribution in [1.82, 2.24) is 14.9 Å². The van der Waals surface area contributed by atoms with Gasteiger partial charge in [0.2, 0.25) is 5.91 Å². The van der Waals surface area contributed by atoms with Gasteiger partial charge in [0.05, 0.1) is 18.8 Å². The molecule has 2 atom stereocenters. The van der Waals surface area contributed by atoms with Gasteiger partial charge in [0.1, 0.15) is 0 Å². The van der Waals surface area contributed by atoms with Crippen molar-refractivity contribution in [3.63, 3.8) is 0 Å². The van der Waals surface area contributed by atoms with E-state index in [1.165, 1.54) is 0 Å². The summed E-state index contributed by atoms with van der Waals surface area (Å²) in [5, 5.41) is 0. The largest absolute Gasteiger partial charge is 0.374 e. The quantitative estimate of drug-likeness (QED) is 0.862. The lowest BCUT2D eigenvalue weighted by Gasteiger charge is -2.39. The molecular formula is C19H23N3O4. The molecule has 0 bridgehead atoms. The molecule has 2 heterocycles. The third-order valence-electron chi connectivity index (χ3n) is 4.72. The smallest absolute Gasteiger partial charge is 0.325 e. The molecule has 0 saturated carbocycles. The lowest BCUT2D eigenvalue weighted by Crippen LogP contribution is -2.47. The van der Waals surface area contributed by atoms with Crippen LogP contribution in [0.1, 0.15) is 36.2 Å². The molecule has 1 aromatic heterocycles. The molecule has 138 valence electrons. The van der Waals surface area contributed by atoms with Gasteiger partial charge >= 0.3 is 5.69 Å². The van der Waals surface area contributed by atoms with Gasteiger partial charge in [-0.3, -0.25) is 14.6 Å². The summed E-state index contributed by atoms with van der Waals surface area (Å²) in [7, 11) is 0. The summed E-state index contributed by atoms with van der Waals surface area (Å²) < 4.78 is 5.75. The number of benzene rings is 1. The number of aryl methyl sites for hydroxylation is 1. The molecule has 1 fully saturated rings. The summed E-state index contributed by atoms with van der Waals surface area (Å²) in [4.78, 5) is 42.7. The van der Waals surface area contributed by atoms with E-state index in [1.807, 2.05) is 42.2 Å². The Morgan fingerprint density at radius 3 is 2.65 bits per heavy atom. The molecule has 0 aliphatic carbocycles. The van der Waals surface area contributed by atoms with Crippen LogP contribution in [0.3, 0.4) is 0 Å². The molecular weight excluding hydrogens is 334 g/mol. The number of aromatic nitrogens is 2. The van der Waals surface area contributed by atoms with Gasteiger partial charge in [0.15, 0.2) is 0 Å². The summed E-state index contributed by atoms with van der Waals surface area (Å²) in [5.41, 5.74) is 1.01. The predicted octanol–water partition coefficient (Wildman–Crippen LogP) is 1.29. The monoisotopic (exact) mass is 357 g/mol. The fourth-order valence-electron chi connectivity index (χ4n) is 3.33. The number of hydrogen-bond donors (Lipinski definition) is 2. The van der Waals surface area contributed by atoms with E-state index in [2.05, 4.69) is 9.97 Å². The minimum Gasteiger partial charge on any atom is -0.374 e. The zero-order chi connectivity index (χ0) is 18.7. The van der Waals surface area contributed by atoms with Gasteiger partial charge in [0.25, 0.3) is 5.56 Å². The number of nitrogens with one attached hydrogen (secondary N) is 2. The number of nitrogens with zero attached hydrogens (tertiary/aromatic N) is 1. The molecule has 1 amide bonds. The Bertz CT molecular complexity index is 888. The first-order valence-electron chi connectivity index (χ1n) is 8.74. The minimum absolute atomic E-state index is 0.0287. The number of morpholine rings is 1. The molecule has 2 N–H and O–H groups in total. The average molecular weight is 357 g/mol. The van der Waals surface area contributed by atoms with Gasteiger partial charge in [-0.1, -0.05) is 30.3 Å². The maximum absolute atomic E-state index is 12.9. The van der Waals surface area contributed by atoms with Crippen molar-refractivity contribution in [2.75, 3.05) is 13.2 Å². The Balaban J connectivity index is 1.76. The SMILES string of the molecule is Cc1[nH]c(=O)[nH]c(=O)c1CCC(=O)N1CC(C)OCC1c1ccccc1. The van der Waals surface area contributed by atoms with Crippen LogP contribution < -0.4 is 11.2 Å². The highest BCUT2D eigenvalue weighted by Crippen LogP contribution is 2.27. The molecule has 3 rings (SSSR count). The van der Waals surface area contributed by atoms with Crippen LogP contribution in [0.15, 0.2) is 39.9 Å². The Kier molecular flexibility index (Phi) is 5.37. The van der Waals surface area contributed by atoms with Gasteiger partial charge in [-0.2, -0.15) is 0 Å². The standard InChI is InChI=1S/C19H23N3O4/c1-12-10-22(16(11-26-12)14-6-4-3-5-7-14)17(23)9-8-15-13(2)20-19(25)21-18(15)24/h3-7,12,16H,8-11H2,1-2H3,(H2,20,21,24,25). The molecule has 1 aliphatic rings. The summed E-state index contributed by atoms with van der Waals surface area (Å²) in [6.45, 7) is 4.58. The molecule has 7 heteroatoms. The average Bonchev–Trinajstić information content (AvgIpc) is 2.61. The predicted molar refractivity (Wildman–Crippen MR) is 97.1 cm³/mol. The van der Waals surface area contributed by atoms with Crippen LogP contribution in [0.4, 0.5) is 0 Å².